The van der Waals surface area contributed by atoms with Gasteiger partial charge in [0.25, 0.3) is 0 Å². The van der Waals surface area contributed by atoms with E-state index in [1.165, 1.54) is 0 Å². The molecular weight excluding hydrogens is 306 g/mol. The fourth-order valence-electron chi connectivity index (χ4n) is 2.23. The standard InChI is InChI=1S/C9H16N2O.C9H15NO2/c1-9(2,3-4-12)8-5-7(10)6-11-8;1-9(2,5-3-7-11)8(12)4-6-10/h5,12H,3-4,6,10H2,1-2H3;11H,3-5,7H2,1-2H3. The average molecular weight is 337 g/mol. The summed E-state index contributed by atoms with van der Waals surface area (Å²) in [6.45, 7) is 8.66. The third kappa shape index (κ3) is 7.71. The molecule has 0 spiro atoms. The van der Waals surface area contributed by atoms with Gasteiger partial charge < -0.3 is 15.9 Å². The van der Waals surface area contributed by atoms with Gasteiger partial charge in [0.1, 0.15) is 0 Å². The monoisotopic (exact) mass is 337 g/mol. The van der Waals surface area contributed by atoms with Crippen LogP contribution < -0.4 is 5.73 Å². The van der Waals surface area contributed by atoms with Crippen molar-refractivity contribution in [2.24, 2.45) is 21.6 Å². The lowest BCUT2D eigenvalue weighted by Crippen LogP contribution is -2.23. The van der Waals surface area contributed by atoms with Crippen molar-refractivity contribution in [2.45, 2.75) is 53.4 Å². The molecule has 0 radical (unpaired) electrons. The Kier molecular flexibility index (Phi) is 9.49. The molecule has 0 aromatic rings. The van der Waals surface area contributed by atoms with Gasteiger partial charge in [-0.3, -0.25) is 9.79 Å². The van der Waals surface area contributed by atoms with Gasteiger partial charge in [0.2, 0.25) is 0 Å². The Morgan fingerprint density at radius 1 is 1.29 bits per heavy atom. The molecule has 4 N–H and O–H groups in total. The summed E-state index contributed by atoms with van der Waals surface area (Å²) in [4.78, 5) is 15.6. The molecule has 6 heteroatoms. The number of aliphatic hydroxyl groups excluding tert-OH is 2. The van der Waals surface area contributed by atoms with E-state index in [1.54, 1.807) is 0 Å². The second-order valence-electron chi connectivity index (χ2n) is 7.25. The maximum atomic E-state index is 11.3. The minimum atomic E-state index is -0.460. The van der Waals surface area contributed by atoms with Crippen LogP contribution in [0.25, 0.3) is 0 Å². The molecule has 24 heavy (non-hydrogen) atoms. The first kappa shape index (κ1) is 22.3. The van der Waals surface area contributed by atoms with E-state index in [0.717, 1.165) is 17.8 Å². The van der Waals surface area contributed by atoms with Crippen molar-refractivity contribution in [3.8, 4) is 6.07 Å². The number of allylic oxidation sites excluding steroid dienone is 1. The van der Waals surface area contributed by atoms with E-state index in [1.807, 2.05) is 26.0 Å². The van der Waals surface area contributed by atoms with E-state index >= 15 is 0 Å². The number of carbonyl (C=O) groups is 1. The zero-order valence-corrected chi connectivity index (χ0v) is 15.3. The van der Waals surface area contributed by atoms with Crippen LogP contribution in [0.3, 0.4) is 0 Å². The number of rotatable bonds is 8. The van der Waals surface area contributed by atoms with E-state index in [4.69, 9.17) is 21.2 Å². The summed E-state index contributed by atoms with van der Waals surface area (Å²) < 4.78 is 0. The quantitative estimate of drug-likeness (QED) is 0.625. The van der Waals surface area contributed by atoms with Crippen LogP contribution >= 0.6 is 0 Å². The second-order valence-corrected chi connectivity index (χ2v) is 7.25. The van der Waals surface area contributed by atoms with Crippen LogP contribution in [0, 0.1) is 22.2 Å². The van der Waals surface area contributed by atoms with Gasteiger partial charge in [0.15, 0.2) is 5.78 Å². The van der Waals surface area contributed by atoms with Crippen molar-refractivity contribution in [2.75, 3.05) is 19.8 Å². The van der Waals surface area contributed by atoms with Crippen LogP contribution in [0.4, 0.5) is 0 Å². The molecule has 0 amide bonds. The van der Waals surface area contributed by atoms with Crippen LogP contribution in [-0.2, 0) is 4.79 Å². The number of hydrogen-bond acceptors (Lipinski definition) is 6. The first-order valence-corrected chi connectivity index (χ1v) is 8.23. The van der Waals surface area contributed by atoms with Crippen molar-refractivity contribution in [1.29, 1.82) is 5.26 Å². The van der Waals surface area contributed by atoms with Gasteiger partial charge in [-0.1, -0.05) is 27.7 Å². The Morgan fingerprint density at radius 2 is 1.92 bits per heavy atom. The van der Waals surface area contributed by atoms with Crippen molar-refractivity contribution >= 4 is 11.5 Å². The van der Waals surface area contributed by atoms with Gasteiger partial charge in [-0.25, -0.2) is 0 Å². The molecule has 0 unspecified atom stereocenters. The molecule has 0 aromatic carbocycles. The number of aliphatic hydroxyl groups is 2. The van der Waals surface area contributed by atoms with Gasteiger partial charge in [-0.2, -0.15) is 5.26 Å². The lowest BCUT2D eigenvalue weighted by atomic mass is 9.82. The normalized spacial score (nSPS) is 14.2. The Bertz CT molecular complexity index is 514. The maximum absolute atomic E-state index is 11.3. The SMILES string of the molecule is CC(C)(CCCO)C(=O)CC#N.CC(C)(CCO)C1=NCC(N)=C1. The number of nitrogens with zero attached hydrogens (tertiary/aromatic N) is 2. The van der Waals surface area contributed by atoms with Gasteiger partial charge in [-0.05, 0) is 25.3 Å². The first-order chi connectivity index (χ1) is 11.1. The molecule has 1 rings (SSSR count). The van der Waals surface area contributed by atoms with E-state index in [9.17, 15) is 4.79 Å². The fourth-order valence-corrected chi connectivity index (χ4v) is 2.23. The lowest BCUT2D eigenvalue weighted by Gasteiger charge is -2.22. The number of nitriles is 1. The number of nitrogens with two attached hydrogens (primary N) is 1. The molecule has 1 aliphatic heterocycles. The highest BCUT2D eigenvalue weighted by Gasteiger charge is 2.26. The number of carbonyl (C=O) groups excluding carboxylic acids is 1. The second kappa shape index (κ2) is 10.2. The molecule has 0 bridgehead atoms. The molecule has 136 valence electrons. The van der Waals surface area contributed by atoms with Gasteiger partial charge in [0.05, 0.1) is 19.0 Å². The summed E-state index contributed by atoms with van der Waals surface area (Å²) in [5.41, 5.74) is 6.92. The first-order valence-electron chi connectivity index (χ1n) is 8.23. The molecular formula is C18H31N3O3. The van der Waals surface area contributed by atoms with Crippen molar-refractivity contribution in [3.05, 3.63) is 11.8 Å². The third-order valence-corrected chi connectivity index (χ3v) is 4.14. The van der Waals surface area contributed by atoms with Crippen LogP contribution in [-0.4, -0.2) is 41.5 Å². The number of hydrogen-bond donors (Lipinski definition) is 3. The summed E-state index contributed by atoms with van der Waals surface area (Å²) in [5, 5.41) is 25.7. The maximum Gasteiger partial charge on any atom is 0.152 e. The number of Topliss-reactive ketones (excluding diaryl/α,β-unsaturated/α-hetero) is 1. The number of aliphatic imine (C=N–C) groups is 1. The summed E-state index contributed by atoms with van der Waals surface area (Å²) in [7, 11) is 0. The summed E-state index contributed by atoms with van der Waals surface area (Å²) in [5.74, 6) is -0.0431. The molecule has 0 saturated heterocycles. The molecule has 0 fully saturated rings. The van der Waals surface area contributed by atoms with Crippen LogP contribution in [0.15, 0.2) is 16.8 Å². The lowest BCUT2D eigenvalue weighted by molar-refractivity contribution is -0.126. The smallest absolute Gasteiger partial charge is 0.152 e. The molecule has 1 aliphatic rings. The Balaban J connectivity index is 0.000000441. The highest BCUT2D eigenvalue weighted by molar-refractivity contribution is 6.01. The molecule has 0 atom stereocenters. The third-order valence-electron chi connectivity index (χ3n) is 4.14. The van der Waals surface area contributed by atoms with Gasteiger partial charge in [-0.15, -0.1) is 0 Å². The van der Waals surface area contributed by atoms with Crippen LogP contribution in [0.2, 0.25) is 0 Å². The van der Waals surface area contributed by atoms with E-state index in [-0.39, 0.29) is 30.8 Å². The Hall–Kier alpha value is -1.71. The molecule has 0 aliphatic carbocycles. The topological polar surface area (TPSA) is 120 Å². The van der Waals surface area contributed by atoms with Crippen LogP contribution in [0.5, 0.6) is 0 Å². The molecule has 0 saturated carbocycles. The van der Waals surface area contributed by atoms with Crippen molar-refractivity contribution < 1.29 is 15.0 Å². The predicted octanol–water partition coefficient (Wildman–Crippen LogP) is 1.96. The highest BCUT2D eigenvalue weighted by atomic mass is 16.3. The predicted molar refractivity (Wildman–Crippen MR) is 95.4 cm³/mol. The largest absolute Gasteiger partial charge is 0.400 e. The van der Waals surface area contributed by atoms with Crippen LogP contribution in [0.1, 0.15) is 53.4 Å². The van der Waals surface area contributed by atoms with Crippen molar-refractivity contribution in [1.82, 2.24) is 0 Å². The minimum Gasteiger partial charge on any atom is -0.400 e. The Morgan fingerprint density at radius 3 is 2.33 bits per heavy atom. The Labute approximate surface area is 145 Å². The average Bonchev–Trinajstić information content (AvgIpc) is 2.93. The van der Waals surface area contributed by atoms with E-state index in [0.29, 0.717) is 19.4 Å². The zero-order chi connectivity index (χ0) is 18.8. The van der Waals surface area contributed by atoms with Crippen molar-refractivity contribution in [3.63, 3.8) is 0 Å². The minimum absolute atomic E-state index is 0.0293. The zero-order valence-electron chi connectivity index (χ0n) is 15.3. The molecule has 6 nitrogen and oxygen atoms in total. The molecule has 1 heterocycles. The summed E-state index contributed by atoms with van der Waals surface area (Å²) in [6, 6.07) is 1.84. The highest BCUT2D eigenvalue weighted by Crippen LogP contribution is 2.26. The number of ketones is 1. The van der Waals surface area contributed by atoms with E-state index < -0.39 is 5.41 Å². The van der Waals surface area contributed by atoms with Gasteiger partial charge >= 0.3 is 0 Å². The molecule has 0 aromatic heterocycles. The van der Waals surface area contributed by atoms with E-state index in [2.05, 4.69) is 18.8 Å². The summed E-state index contributed by atoms with van der Waals surface area (Å²) >= 11 is 0. The fraction of sp³-hybridized carbons (Fsp3) is 0.722. The van der Waals surface area contributed by atoms with Gasteiger partial charge in [0, 0.05) is 35.5 Å². The summed E-state index contributed by atoms with van der Waals surface area (Å²) in [6.07, 6.45) is 3.87.